The zero-order valence-corrected chi connectivity index (χ0v) is 14.1. The van der Waals surface area contributed by atoms with E-state index in [9.17, 15) is 4.79 Å². The van der Waals surface area contributed by atoms with Gasteiger partial charge < -0.3 is 10.6 Å². The van der Waals surface area contributed by atoms with Gasteiger partial charge in [-0.1, -0.05) is 19.1 Å². The van der Waals surface area contributed by atoms with Gasteiger partial charge in [-0.05, 0) is 56.0 Å². The molecule has 1 aliphatic heterocycles. The number of amides is 1. The van der Waals surface area contributed by atoms with Crippen LogP contribution in [0.3, 0.4) is 0 Å². The van der Waals surface area contributed by atoms with Gasteiger partial charge in [-0.2, -0.15) is 0 Å². The highest BCUT2D eigenvalue weighted by atomic mass is 16.1. The Hall–Kier alpha value is -2.27. The van der Waals surface area contributed by atoms with Gasteiger partial charge in [-0.25, -0.2) is 9.97 Å². The molecule has 1 amide bonds. The predicted octanol–water partition coefficient (Wildman–Crippen LogP) is 2.44. The van der Waals surface area contributed by atoms with Crippen molar-refractivity contribution in [2.75, 3.05) is 19.6 Å². The van der Waals surface area contributed by atoms with Crippen LogP contribution in [0.5, 0.6) is 0 Å². The molecule has 24 heavy (non-hydrogen) atoms. The summed E-state index contributed by atoms with van der Waals surface area (Å²) in [7, 11) is 0. The van der Waals surface area contributed by atoms with Crippen LogP contribution in [0.2, 0.25) is 0 Å². The molecule has 3 rings (SSSR count). The van der Waals surface area contributed by atoms with E-state index < -0.39 is 0 Å². The Morgan fingerprint density at radius 2 is 1.83 bits per heavy atom. The fourth-order valence-electron chi connectivity index (χ4n) is 2.88. The Bertz CT molecular complexity index is 661. The van der Waals surface area contributed by atoms with Crippen molar-refractivity contribution in [3.05, 3.63) is 47.8 Å². The maximum absolute atomic E-state index is 12.3. The smallest absolute Gasteiger partial charge is 0.251 e. The molecular formula is C19H24N4O. The summed E-state index contributed by atoms with van der Waals surface area (Å²) in [4.78, 5) is 21.0. The van der Waals surface area contributed by atoms with E-state index in [1.54, 1.807) is 0 Å². The quantitative estimate of drug-likeness (QED) is 0.886. The van der Waals surface area contributed by atoms with Crippen molar-refractivity contribution < 1.29 is 4.79 Å². The van der Waals surface area contributed by atoms with Crippen LogP contribution < -0.4 is 10.6 Å². The number of hydrogen-bond donors (Lipinski definition) is 2. The Morgan fingerprint density at radius 3 is 2.46 bits per heavy atom. The highest BCUT2D eigenvalue weighted by molar-refractivity contribution is 5.94. The van der Waals surface area contributed by atoms with E-state index in [2.05, 4.69) is 27.5 Å². The predicted molar refractivity (Wildman–Crippen MR) is 94.8 cm³/mol. The molecule has 2 N–H and O–H groups in total. The first kappa shape index (κ1) is 16.6. The third-order valence-corrected chi connectivity index (χ3v) is 4.53. The monoisotopic (exact) mass is 324 g/mol. The lowest BCUT2D eigenvalue weighted by Gasteiger charge is -2.22. The van der Waals surface area contributed by atoms with E-state index in [1.165, 1.54) is 0 Å². The summed E-state index contributed by atoms with van der Waals surface area (Å²) >= 11 is 0. The van der Waals surface area contributed by atoms with E-state index in [0.717, 1.165) is 50.0 Å². The zero-order chi connectivity index (χ0) is 16.8. The minimum absolute atomic E-state index is 0.0117. The van der Waals surface area contributed by atoms with E-state index in [4.69, 9.17) is 0 Å². The minimum Gasteiger partial charge on any atom is -0.352 e. The minimum atomic E-state index is -0.0117. The Morgan fingerprint density at radius 1 is 1.17 bits per heavy atom. The van der Waals surface area contributed by atoms with Crippen LogP contribution in [0.4, 0.5) is 0 Å². The van der Waals surface area contributed by atoms with Gasteiger partial charge in [0.25, 0.3) is 5.91 Å². The molecule has 5 heteroatoms. The molecule has 1 saturated heterocycles. The number of aryl methyl sites for hydroxylation is 1. The van der Waals surface area contributed by atoms with Crippen LogP contribution in [0.1, 0.15) is 35.7 Å². The zero-order valence-electron chi connectivity index (χ0n) is 14.1. The highest BCUT2D eigenvalue weighted by Crippen LogP contribution is 2.16. The average molecular weight is 324 g/mol. The molecular weight excluding hydrogens is 300 g/mol. The molecule has 2 heterocycles. The first-order valence-corrected chi connectivity index (χ1v) is 8.66. The van der Waals surface area contributed by atoms with Gasteiger partial charge in [0.1, 0.15) is 0 Å². The Labute approximate surface area is 142 Å². The summed E-state index contributed by atoms with van der Waals surface area (Å²) in [5.74, 6) is 1.26. The summed E-state index contributed by atoms with van der Waals surface area (Å²) in [5, 5.41) is 6.38. The van der Waals surface area contributed by atoms with Gasteiger partial charge in [0.05, 0.1) is 0 Å². The molecule has 0 radical (unpaired) electrons. The number of nitrogens with one attached hydrogen (secondary N) is 2. The van der Waals surface area contributed by atoms with Crippen LogP contribution in [0, 0.1) is 5.92 Å². The number of aromatic nitrogens is 2. The number of benzene rings is 1. The molecule has 2 aromatic rings. The van der Waals surface area contributed by atoms with Crippen LogP contribution in [0.15, 0.2) is 36.7 Å². The normalized spacial score (nSPS) is 15.2. The molecule has 5 nitrogen and oxygen atoms in total. The first-order valence-electron chi connectivity index (χ1n) is 8.66. The first-order chi connectivity index (χ1) is 11.8. The van der Waals surface area contributed by atoms with E-state index in [-0.39, 0.29) is 5.91 Å². The van der Waals surface area contributed by atoms with Crippen LogP contribution >= 0.6 is 0 Å². The average Bonchev–Trinajstić information content (AvgIpc) is 2.67. The van der Waals surface area contributed by atoms with Crippen LogP contribution in [-0.4, -0.2) is 35.5 Å². The van der Waals surface area contributed by atoms with Gasteiger partial charge >= 0.3 is 0 Å². The van der Waals surface area contributed by atoms with Crippen molar-refractivity contribution in [2.45, 2.75) is 26.2 Å². The molecule has 126 valence electrons. The summed E-state index contributed by atoms with van der Waals surface area (Å²) in [6.07, 6.45) is 6.88. The van der Waals surface area contributed by atoms with Crippen molar-refractivity contribution in [2.24, 2.45) is 5.92 Å². The Balaban J connectivity index is 1.59. The lowest BCUT2D eigenvalue weighted by Crippen LogP contribution is -2.35. The van der Waals surface area contributed by atoms with E-state index in [1.807, 2.05) is 36.7 Å². The Kier molecular flexibility index (Phi) is 5.54. The third kappa shape index (κ3) is 4.17. The second kappa shape index (κ2) is 8.02. The maximum atomic E-state index is 12.3. The van der Waals surface area contributed by atoms with E-state index in [0.29, 0.717) is 17.3 Å². The number of piperidine rings is 1. The van der Waals surface area contributed by atoms with Gasteiger partial charge in [-0.3, -0.25) is 4.79 Å². The van der Waals surface area contributed by atoms with Crippen LogP contribution in [-0.2, 0) is 6.42 Å². The second-order valence-electron chi connectivity index (χ2n) is 6.25. The number of rotatable bonds is 5. The molecule has 0 spiro atoms. The molecule has 1 fully saturated rings. The van der Waals surface area contributed by atoms with Gasteiger partial charge in [0.15, 0.2) is 5.82 Å². The maximum Gasteiger partial charge on any atom is 0.251 e. The summed E-state index contributed by atoms with van der Waals surface area (Å²) in [6, 6.07) is 7.48. The van der Waals surface area contributed by atoms with Crippen molar-refractivity contribution in [3.63, 3.8) is 0 Å². The summed E-state index contributed by atoms with van der Waals surface area (Å²) in [6.45, 7) is 4.93. The molecule has 0 bridgehead atoms. The van der Waals surface area contributed by atoms with Gasteiger partial charge in [0, 0.05) is 30.1 Å². The van der Waals surface area contributed by atoms with Crippen molar-refractivity contribution in [3.8, 4) is 11.4 Å². The third-order valence-electron chi connectivity index (χ3n) is 4.53. The molecule has 0 aliphatic carbocycles. The van der Waals surface area contributed by atoms with E-state index >= 15 is 0 Å². The lowest BCUT2D eigenvalue weighted by atomic mass is 9.98. The molecule has 1 aliphatic rings. The van der Waals surface area contributed by atoms with Crippen molar-refractivity contribution >= 4 is 5.91 Å². The summed E-state index contributed by atoms with van der Waals surface area (Å²) < 4.78 is 0. The van der Waals surface area contributed by atoms with Crippen molar-refractivity contribution in [1.82, 2.24) is 20.6 Å². The standard InChI is InChI=1S/C19H24N4O/c1-2-14-11-21-18(22-12-14)16-3-5-17(6-4-16)19(24)23-13-15-7-9-20-10-8-15/h3-6,11-12,15,20H,2,7-10,13H2,1H3,(H,23,24). The molecule has 0 saturated carbocycles. The lowest BCUT2D eigenvalue weighted by molar-refractivity contribution is 0.0944. The van der Waals surface area contributed by atoms with Crippen LogP contribution in [0.25, 0.3) is 11.4 Å². The molecule has 0 atom stereocenters. The topological polar surface area (TPSA) is 66.9 Å². The SMILES string of the molecule is CCc1cnc(-c2ccc(C(=O)NCC3CCNCC3)cc2)nc1. The van der Waals surface area contributed by atoms with Gasteiger partial charge in [0.2, 0.25) is 0 Å². The number of hydrogen-bond acceptors (Lipinski definition) is 4. The van der Waals surface area contributed by atoms with Gasteiger partial charge in [-0.15, -0.1) is 0 Å². The largest absolute Gasteiger partial charge is 0.352 e. The van der Waals surface area contributed by atoms with Crippen molar-refractivity contribution in [1.29, 1.82) is 0 Å². The molecule has 0 unspecified atom stereocenters. The fraction of sp³-hybridized carbons (Fsp3) is 0.421. The molecule has 1 aromatic heterocycles. The fourth-order valence-corrected chi connectivity index (χ4v) is 2.88. The number of carbonyl (C=O) groups is 1. The second-order valence-corrected chi connectivity index (χ2v) is 6.25. The molecule has 1 aromatic carbocycles. The highest BCUT2D eigenvalue weighted by Gasteiger charge is 2.14. The number of nitrogens with zero attached hydrogens (tertiary/aromatic N) is 2. The summed E-state index contributed by atoms with van der Waals surface area (Å²) in [5.41, 5.74) is 2.72. The number of carbonyl (C=O) groups excluding carboxylic acids is 1.